The highest BCUT2D eigenvalue weighted by Crippen LogP contribution is 2.32. The smallest absolute Gasteiger partial charge is 0.230 e. The fourth-order valence-electron chi connectivity index (χ4n) is 2.37. The van der Waals surface area contributed by atoms with Crippen molar-refractivity contribution in [2.75, 3.05) is 5.75 Å². The number of aromatic nitrogens is 3. The van der Waals surface area contributed by atoms with Crippen LogP contribution in [0.25, 0.3) is 5.69 Å². The van der Waals surface area contributed by atoms with Crippen molar-refractivity contribution in [3.63, 3.8) is 0 Å². The molecule has 5 nitrogen and oxygen atoms in total. The first-order chi connectivity index (χ1) is 11.0. The number of hydrogen-bond donors (Lipinski definition) is 1. The third-order valence-corrected chi connectivity index (χ3v) is 5.35. The molecule has 1 aromatic heterocycles. The zero-order chi connectivity index (χ0) is 16.4. The molecule has 1 aliphatic carbocycles. The molecule has 1 heterocycles. The highest BCUT2D eigenvalue weighted by Gasteiger charge is 2.28. The van der Waals surface area contributed by atoms with Crippen LogP contribution in [0.15, 0.2) is 29.7 Å². The van der Waals surface area contributed by atoms with Gasteiger partial charge in [-0.15, -0.1) is 10.2 Å². The van der Waals surface area contributed by atoms with Crippen molar-refractivity contribution in [1.82, 2.24) is 20.1 Å². The first kappa shape index (κ1) is 16.3. The van der Waals surface area contributed by atoms with Gasteiger partial charge in [-0.2, -0.15) is 0 Å². The van der Waals surface area contributed by atoms with E-state index in [4.69, 9.17) is 11.6 Å². The molecule has 1 amide bonds. The minimum absolute atomic E-state index is 0.0332. The minimum atomic E-state index is 0.0332. The average Bonchev–Trinajstić information content (AvgIpc) is 3.27. The Labute approximate surface area is 144 Å². The molecule has 1 unspecified atom stereocenters. The van der Waals surface area contributed by atoms with E-state index in [-0.39, 0.29) is 11.9 Å². The first-order valence-corrected chi connectivity index (χ1v) is 8.99. The van der Waals surface area contributed by atoms with E-state index in [2.05, 4.69) is 22.4 Å². The van der Waals surface area contributed by atoms with Crippen molar-refractivity contribution in [3.05, 3.63) is 35.1 Å². The van der Waals surface area contributed by atoms with Crippen molar-refractivity contribution in [1.29, 1.82) is 0 Å². The van der Waals surface area contributed by atoms with Gasteiger partial charge >= 0.3 is 0 Å². The average molecular weight is 351 g/mol. The molecule has 7 heteroatoms. The Hall–Kier alpha value is -1.53. The lowest BCUT2D eigenvalue weighted by Gasteiger charge is -2.12. The van der Waals surface area contributed by atoms with Crippen LogP contribution in [0.2, 0.25) is 5.02 Å². The molecular weight excluding hydrogens is 332 g/mol. The van der Waals surface area contributed by atoms with Gasteiger partial charge in [-0.3, -0.25) is 9.36 Å². The highest BCUT2D eigenvalue weighted by atomic mass is 35.5. The number of halogens is 1. The monoisotopic (exact) mass is 350 g/mol. The summed E-state index contributed by atoms with van der Waals surface area (Å²) < 4.78 is 1.84. The van der Waals surface area contributed by atoms with Crippen LogP contribution in [-0.2, 0) is 4.79 Å². The van der Waals surface area contributed by atoms with E-state index in [0.717, 1.165) is 11.3 Å². The fraction of sp³-hybridized carbons (Fsp3) is 0.438. The first-order valence-electron chi connectivity index (χ1n) is 7.63. The number of nitrogens with zero attached hydrogens (tertiary/aromatic N) is 3. The van der Waals surface area contributed by atoms with E-state index in [1.165, 1.54) is 24.6 Å². The molecule has 23 heavy (non-hydrogen) atoms. The normalized spacial score (nSPS) is 15.4. The van der Waals surface area contributed by atoms with Gasteiger partial charge in [-0.05, 0) is 50.3 Å². The van der Waals surface area contributed by atoms with Gasteiger partial charge in [-0.1, -0.05) is 29.4 Å². The van der Waals surface area contributed by atoms with Crippen LogP contribution in [0.5, 0.6) is 0 Å². The predicted molar refractivity (Wildman–Crippen MR) is 92.2 cm³/mol. The standard InChI is InChI=1S/C16H19ClN4OS/c1-10-3-6-13(7-14(10)17)21-9-18-20-16(21)23-8-15(22)19-11(2)12-4-5-12/h3,6-7,9,11-12H,4-5,8H2,1-2H3,(H,19,22). The zero-order valence-corrected chi connectivity index (χ0v) is 14.7. The molecule has 0 bridgehead atoms. The molecule has 0 aliphatic heterocycles. The molecule has 0 spiro atoms. The minimum Gasteiger partial charge on any atom is -0.353 e. The van der Waals surface area contributed by atoms with E-state index >= 15 is 0 Å². The third kappa shape index (κ3) is 4.06. The number of hydrogen-bond acceptors (Lipinski definition) is 4. The maximum Gasteiger partial charge on any atom is 0.230 e. The molecule has 1 aromatic carbocycles. The van der Waals surface area contributed by atoms with E-state index in [1.807, 2.05) is 29.7 Å². The van der Waals surface area contributed by atoms with Crippen LogP contribution in [0.1, 0.15) is 25.3 Å². The summed E-state index contributed by atoms with van der Waals surface area (Å²) in [6, 6.07) is 6.05. The second-order valence-electron chi connectivity index (χ2n) is 5.90. The number of thioether (sulfide) groups is 1. The summed E-state index contributed by atoms with van der Waals surface area (Å²) in [4.78, 5) is 12.0. The van der Waals surface area contributed by atoms with Gasteiger partial charge in [-0.25, -0.2) is 0 Å². The van der Waals surface area contributed by atoms with Crippen LogP contribution in [0.3, 0.4) is 0 Å². The lowest BCUT2D eigenvalue weighted by atomic mass is 10.2. The topological polar surface area (TPSA) is 59.8 Å². The number of carbonyl (C=O) groups excluding carboxylic acids is 1. The molecular formula is C16H19ClN4OS. The van der Waals surface area contributed by atoms with Gasteiger partial charge in [0.1, 0.15) is 6.33 Å². The van der Waals surface area contributed by atoms with E-state index < -0.39 is 0 Å². The molecule has 3 rings (SSSR count). The van der Waals surface area contributed by atoms with Crippen LogP contribution < -0.4 is 5.32 Å². The summed E-state index contributed by atoms with van der Waals surface area (Å²) in [5.74, 6) is 1.02. The van der Waals surface area contributed by atoms with E-state index in [0.29, 0.717) is 21.8 Å². The van der Waals surface area contributed by atoms with Crippen molar-refractivity contribution < 1.29 is 4.79 Å². The number of nitrogens with one attached hydrogen (secondary N) is 1. The molecule has 2 aromatic rings. The summed E-state index contributed by atoms with van der Waals surface area (Å²) in [7, 11) is 0. The Balaban J connectivity index is 1.63. The lowest BCUT2D eigenvalue weighted by Crippen LogP contribution is -2.35. The van der Waals surface area contributed by atoms with Gasteiger partial charge in [0, 0.05) is 11.1 Å². The SMILES string of the molecule is Cc1ccc(-n2cnnc2SCC(=O)NC(C)C2CC2)cc1Cl. The van der Waals surface area contributed by atoms with Gasteiger partial charge in [0.15, 0.2) is 5.16 Å². The van der Waals surface area contributed by atoms with E-state index in [9.17, 15) is 4.79 Å². The van der Waals surface area contributed by atoms with Crippen LogP contribution in [0, 0.1) is 12.8 Å². The zero-order valence-electron chi connectivity index (χ0n) is 13.1. The van der Waals surface area contributed by atoms with Crippen molar-refractivity contribution in [3.8, 4) is 5.69 Å². The quantitative estimate of drug-likeness (QED) is 0.812. The summed E-state index contributed by atoms with van der Waals surface area (Å²) in [5.41, 5.74) is 1.91. The summed E-state index contributed by atoms with van der Waals surface area (Å²) in [6.45, 7) is 4.02. The number of carbonyl (C=O) groups is 1. The molecule has 1 saturated carbocycles. The molecule has 0 saturated heterocycles. The van der Waals surface area contributed by atoms with Crippen LogP contribution in [0.4, 0.5) is 0 Å². The van der Waals surface area contributed by atoms with Gasteiger partial charge in [0.25, 0.3) is 0 Å². The molecule has 1 fully saturated rings. The Bertz CT molecular complexity index is 714. The number of aryl methyl sites for hydroxylation is 1. The Morgan fingerprint density at radius 2 is 2.30 bits per heavy atom. The second-order valence-corrected chi connectivity index (χ2v) is 7.25. The number of rotatable bonds is 6. The Kier molecular flexibility index (Phi) is 4.92. The van der Waals surface area contributed by atoms with Crippen molar-refractivity contribution >= 4 is 29.3 Å². The van der Waals surface area contributed by atoms with Crippen LogP contribution in [-0.4, -0.2) is 32.5 Å². The molecule has 1 N–H and O–H groups in total. The Morgan fingerprint density at radius 3 is 3.00 bits per heavy atom. The van der Waals surface area contributed by atoms with Gasteiger partial charge < -0.3 is 5.32 Å². The molecule has 122 valence electrons. The third-order valence-electron chi connectivity index (χ3n) is 4.00. The number of benzene rings is 1. The second kappa shape index (κ2) is 6.93. The maximum atomic E-state index is 12.0. The molecule has 0 radical (unpaired) electrons. The van der Waals surface area contributed by atoms with Crippen molar-refractivity contribution in [2.45, 2.75) is 37.9 Å². The predicted octanol–water partition coefficient (Wildman–Crippen LogP) is 3.24. The van der Waals surface area contributed by atoms with Gasteiger partial charge in [0.2, 0.25) is 5.91 Å². The summed E-state index contributed by atoms with van der Waals surface area (Å²) in [6.07, 6.45) is 4.07. The van der Waals surface area contributed by atoms with Gasteiger partial charge in [0.05, 0.1) is 11.4 Å². The van der Waals surface area contributed by atoms with Crippen molar-refractivity contribution in [2.24, 2.45) is 5.92 Å². The van der Waals surface area contributed by atoms with E-state index in [1.54, 1.807) is 6.33 Å². The largest absolute Gasteiger partial charge is 0.353 e. The molecule has 1 atom stereocenters. The van der Waals surface area contributed by atoms with Crippen LogP contribution >= 0.6 is 23.4 Å². The lowest BCUT2D eigenvalue weighted by molar-refractivity contribution is -0.119. The fourth-order valence-corrected chi connectivity index (χ4v) is 3.29. The highest BCUT2D eigenvalue weighted by molar-refractivity contribution is 7.99. The number of amides is 1. The summed E-state index contributed by atoms with van der Waals surface area (Å²) >= 11 is 7.55. The maximum absolute atomic E-state index is 12.0. The Morgan fingerprint density at radius 1 is 1.52 bits per heavy atom. The summed E-state index contributed by atoms with van der Waals surface area (Å²) in [5, 5.41) is 12.5. The molecule has 1 aliphatic rings.